The van der Waals surface area contributed by atoms with Gasteiger partial charge in [-0.25, -0.2) is 13.8 Å². The molecule has 7 heteroatoms. The Morgan fingerprint density at radius 1 is 1.15 bits per heavy atom. The highest BCUT2D eigenvalue weighted by Gasteiger charge is 2.48. The van der Waals surface area contributed by atoms with Crippen LogP contribution in [-0.4, -0.2) is 19.9 Å². The summed E-state index contributed by atoms with van der Waals surface area (Å²) in [4.78, 5) is 4.58. The Labute approximate surface area is 197 Å². The van der Waals surface area contributed by atoms with E-state index in [0.717, 1.165) is 0 Å². The maximum atomic E-state index is 16.1. The summed E-state index contributed by atoms with van der Waals surface area (Å²) < 4.78 is 42.2. The molecule has 4 nitrogen and oxygen atoms in total. The molecule has 2 atom stereocenters. The van der Waals surface area contributed by atoms with Crippen LogP contribution in [0.4, 0.5) is 8.78 Å². The molecule has 0 N–H and O–H groups in total. The average Bonchev–Trinajstić information content (AvgIpc) is 3.08. The second-order valence-corrected chi connectivity index (χ2v) is 15.7. The zero-order chi connectivity index (χ0) is 24.8. The van der Waals surface area contributed by atoms with E-state index in [2.05, 4.69) is 44.9 Å². The summed E-state index contributed by atoms with van der Waals surface area (Å²) in [6.07, 6.45) is 0.706. The van der Waals surface area contributed by atoms with E-state index < -0.39 is 31.2 Å². The molecule has 178 valence electrons. The van der Waals surface area contributed by atoms with Crippen LogP contribution in [0.1, 0.15) is 59.2 Å². The largest absolute Gasteiger partial charge is 0.408 e. The van der Waals surface area contributed by atoms with Crippen LogP contribution in [0.15, 0.2) is 30.3 Å². The fourth-order valence-electron chi connectivity index (χ4n) is 4.07. The number of nitriles is 1. The molecule has 0 aliphatic carbocycles. The van der Waals surface area contributed by atoms with E-state index in [-0.39, 0.29) is 16.7 Å². The molecule has 2 aromatic rings. The van der Waals surface area contributed by atoms with E-state index in [0.29, 0.717) is 29.8 Å². The van der Waals surface area contributed by atoms with Crippen LogP contribution in [0, 0.1) is 28.9 Å². The minimum Gasteiger partial charge on any atom is -0.408 e. The minimum absolute atomic E-state index is 0.0618. The Morgan fingerprint density at radius 2 is 1.76 bits per heavy atom. The highest BCUT2D eigenvalue weighted by molar-refractivity contribution is 6.74. The number of halogens is 2. The monoisotopic (exact) mass is 472 g/mol. The van der Waals surface area contributed by atoms with Gasteiger partial charge in [-0.2, -0.15) is 5.26 Å². The molecular weight excluding hydrogens is 438 g/mol. The van der Waals surface area contributed by atoms with E-state index in [1.54, 1.807) is 6.07 Å². The SMILES string of the molecule is CC1CCOC1(C#N)c1cc(C(C)(C)O[Si](C)(C)C(C)(C)C)c(F)c(-c2ccc(F)cc2)n1. The minimum atomic E-state index is -2.27. The molecule has 1 aliphatic heterocycles. The van der Waals surface area contributed by atoms with E-state index in [1.165, 1.54) is 24.3 Å². The molecule has 1 fully saturated rings. The van der Waals surface area contributed by atoms with Crippen molar-refractivity contribution < 1.29 is 17.9 Å². The number of nitrogens with zero attached hydrogens (tertiary/aromatic N) is 2. The normalized spacial score (nSPS) is 21.8. The fourth-order valence-corrected chi connectivity index (χ4v) is 5.76. The lowest BCUT2D eigenvalue weighted by molar-refractivity contribution is 0.0238. The van der Waals surface area contributed by atoms with Crippen molar-refractivity contribution in [2.75, 3.05) is 6.61 Å². The van der Waals surface area contributed by atoms with Crippen molar-refractivity contribution >= 4 is 8.32 Å². The summed E-state index contributed by atoms with van der Waals surface area (Å²) in [5.74, 6) is -1.06. The van der Waals surface area contributed by atoms with Crippen molar-refractivity contribution in [2.24, 2.45) is 5.92 Å². The van der Waals surface area contributed by atoms with Crippen molar-refractivity contribution in [3.05, 3.63) is 53.2 Å². The number of hydrogen-bond acceptors (Lipinski definition) is 4. The van der Waals surface area contributed by atoms with Crippen LogP contribution >= 0.6 is 0 Å². The third-order valence-electron chi connectivity index (χ3n) is 7.16. The van der Waals surface area contributed by atoms with E-state index in [4.69, 9.17) is 9.16 Å². The molecule has 1 aromatic heterocycles. The van der Waals surface area contributed by atoms with Crippen LogP contribution in [0.25, 0.3) is 11.3 Å². The first-order valence-corrected chi connectivity index (χ1v) is 14.3. The Bertz CT molecular complexity index is 1070. The lowest BCUT2D eigenvalue weighted by Gasteiger charge is -2.43. The van der Waals surface area contributed by atoms with Crippen molar-refractivity contribution in [2.45, 2.75) is 77.3 Å². The lowest BCUT2D eigenvalue weighted by atomic mass is 9.84. The van der Waals surface area contributed by atoms with Gasteiger partial charge in [-0.1, -0.05) is 27.7 Å². The summed E-state index contributed by atoms with van der Waals surface area (Å²) in [5.41, 5.74) is -1.10. The van der Waals surface area contributed by atoms with Gasteiger partial charge in [0.1, 0.15) is 17.6 Å². The van der Waals surface area contributed by atoms with Crippen molar-refractivity contribution in [1.29, 1.82) is 5.26 Å². The van der Waals surface area contributed by atoms with Crippen LogP contribution in [-0.2, 0) is 20.4 Å². The summed E-state index contributed by atoms with van der Waals surface area (Å²) in [5, 5.41) is 10.0. The first-order valence-electron chi connectivity index (χ1n) is 11.4. The highest BCUT2D eigenvalue weighted by Crippen LogP contribution is 2.45. The Balaban J connectivity index is 2.26. The molecule has 33 heavy (non-hydrogen) atoms. The van der Waals surface area contributed by atoms with Crippen LogP contribution in [0.2, 0.25) is 18.1 Å². The van der Waals surface area contributed by atoms with Gasteiger partial charge < -0.3 is 9.16 Å². The lowest BCUT2D eigenvalue weighted by Crippen LogP contribution is -2.46. The highest BCUT2D eigenvalue weighted by atomic mass is 28.4. The van der Waals surface area contributed by atoms with Crippen LogP contribution in [0.5, 0.6) is 0 Å². The Kier molecular flexibility index (Phi) is 6.62. The number of hydrogen-bond donors (Lipinski definition) is 0. The zero-order valence-electron chi connectivity index (χ0n) is 20.8. The van der Waals surface area contributed by atoms with Crippen molar-refractivity contribution in [1.82, 2.24) is 4.98 Å². The molecule has 0 saturated carbocycles. The van der Waals surface area contributed by atoms with Gasteiger partial charge in [-0.05, 0) is 68.7 Å². The Morgan fingerprint density at radius 3 is 2.24 bits per heavy atom. The molecular formula is C26H34F2N2O2Si. The molecule has 2 unspecified atom stereocenters. The predicted molar refractivity (Wildman–Crippen MR) is 128 cm³/mol. The second kappa shape index (κ2) is 8.57. The van der Waals surface area contributed by atoms with Crippen LogP contribution < -0.4 is 0 Å². The maximum Gasteiger partial charge on any atom is 0.198 e. The van der Waals surface area contributed by atoms with Gasteiger partial charge in [-0.3, -0.25) is 0 Å². The maximum absolute atomic E-state index is 16.1. The molecule has 0 bridgehead atoms. The summed E-state index contributed by atoms with van der Waals surface area (Å²) in [6.45, 7) is 16.7. The number of aromatic nitrogens is 1. The van der Waals surface area contributed by atoms with Gasteiger partial charge in [0.2, 0.25) is 0 Å². The smallest absolute Gasteiger partial charge is 0.198 e. The third-order valence-corrected chi connectivity index (χ3v) is 11.8. The average molecular weight is 473 g/mol. The van der Waals surface area contributed by atoms with Crippen molar-refractivity contribution in [3.63, 3.8) is 0 Å². The number of benzene rings is 1. The van der Waals surface area contributed by atoms with Crippen LogP contribution in [0.3, 0.4) is 0 Å². The van der Waals surface area contributed by atoms with Gasteiger partial charge >= 0.3 is 0 Å². The molecule has 3 rings (SSSR count). The number of rotatable bonds is 5. The fraction of sp³-hybridized carbons (Fsp3) is 0.538. The van der Waals surface area contributed by atoms with Gasteiger partial charge in [0, 0.05) is 23.7 Å². The van der Waals surface area contributed by atoms with Gasteiger partial charge in [0.05, 0.1) is 11.3 Å². The summed E-state index contributed by atoms with van der Waals surface area (Å²) in [7, 11) is -2.27. The van der Waals surface area contributed by atoms with Gasteiger partial charge in [0.25, 0.3) is 0 Å². The molecule has 0 amide bonds. The van der Waals surface area contributed by atoms with E-state index >= 15 is 4.39 Å². The molecule has 0 spiro atoms. The van der Waals surface area contributed by atoms with Gasteiger partial charge in [0.15, 0.2) is 19.7 Å². The zero-order valence-corrected chi connectivity index (χ0v) is 21.8. The Hall–Kier alpha value is -2.14. The van der Waals surface area contributed by atoms with Gasteiger partial charge in [-0.15, -0.1) is 0 Å². The summed E-state index contributed by atoms with van der Waals surface area (Å²) >= 11 is 0. The standard InChI is InChI=1S/C26H34F2N2O2Si/c1-17-13-14-31-26(17,16-29)21-15-20(25(5,6)32-33(7,8)24(2,3)4)22(28)23(30-21)18-9-11-19(27)12-10-18/h9-12,15,17H,13-14H2,1-8H3. The molecule has 2 heterocycles. The quantitative estimate of drug-likeness (QED) is 0.437. The third kappa shape index (κ3) is 4.61. The van der Waals surface area contributed by atoms with Crippen molar-refractivity contribution in [3.8, 4) is 17.3 Å². The summed E-state index contributed by atoms with van der Waals surface area (Å²) in [6, 6.07) is 9.46. The molecule has 1 aromatic carbocycles. The molecule has 1 saturated heterocycles. The molecule has 0 radical (unpaired) electrons. The first-order chi connectivity index (χ1) is 15.1. The first kappa shape index (κ1) is 25.5. The second-order valence-electron chi connectivity index (χ2n) is 11.0. The predicted octanol–water partition coefficient (Wildman–Crippen LogP) is 7.06. The topological polar surface area (TPSA) is 55.1 Å². The number of pyridine rings is 1. The van der Waals surface area contributed by atoms with E-state index in [9.17, 15) is 9.65 Å². The molecule has 1 aliphatic rings. The van der Waals surface area contributed by atoms with E-state index in [1.807, 2.05) is 20.8 Å². The number of ether oxygens (including phenoxy) is 1.